The Kier molecular flexibility index (Phi) is 5.19. The molecule has 5 heteroatoms. The van der Waals surface area contributed by atoms with Crippen LogP contribution in [0.1, 0.15) is 40.9 Å². The number of nitrogens with one attached hydrogen (secondary N) is 1. The van der Waals surface area contributed by atoms with E-state index in [2.05, 4.69) is 15.2 Å². The molecule has 1 saturated heterocycles. The van der Waals surface area contributed by atoms with Crippen LogP contribution in [0.15, 0.2) is 36.5 Å². The normalized spacial score (nSPS) is 16.2. The summed E-state index contributed by atoms with van der Waals surface area (Å²) in [7, 11) is 0. The van der Waals surface area contributed by atoms with E-state index >= 15 is 0 Å². The molecule has 0 aliphatic carbocycles. The number of carbonyl (C=O) groups excluding carboxylic acids is 1. The lowest BCUT2D eigenvalue weighted by molar-refractivity contribution is 0.102. The van der Waals surface area contributed by atoms with Gasteiger partial charge in [0, 0.05) is 23.2 Å². The van der Waals surface area contributed by atoms with Gasteiger partial charge in [-0.1, -0.05) is 31.0 Å². The Hall–Kier alpha value is -1.72. The number of carbonyl (C=O) groups is 1. The summed E-state index contributed by atoms with van der Waals surface area (Å²) in [5.41, 5.74) is 0.659. The van der Waals surface area contributed by atoms with Gasteiger partial charge >= 0.3 is 0 Å². The molecule has 0 atom stereocenters. The number of benzene rings is 1. The number of aromatic nitrogens is 1. The number of amides is 1. The van der Waals surface area contributed by atoms with Crippen molar-refractivity contribution in [2.75, 3.05) is 18.4 Å². The van der Waals surface area contributed by atoms with E-state index in [-0.39, 0.29) is 5.91 Å². The summed E-state index contributed by atoms with van der Waals surface area (Å²) in [6.45, 7) is 3.28. The molecule has 0 radical (unpaired) electrons. The average Bonchev–Trinajstić information content (AvgIpc) is 2.81. The van der Waals surface area contributed by atoms with E-state index < -0.39 is 0 Å². The smallest absolute Gasteiger partial charge is 0.257 e. The number of thiazole rings is 1. The van der Waals surface area contributed by atoms with Crippen LogP contribution in [-0.2, 0) is 6.54 Å². The van der Waals surface area contributed by atoms with E-state index in [9.17, 15) is 4.79 Å². The van der Waals surface area contributed by atoms with Crippen molar-refractivity contribution in [1.29, 1.82) is 0 Å². The third kappa shape index (κ3) is 4.15. The van der Waals surface area contributed by atoms with E-state index in [1.165, 1.54) is 43.6 Å². The maximum absolute atomic E-state index is 12.1. The number of nitrogens with zero attached hydrogens (tertiary/aromatic N) is 2. The van der Waals surface area contributed by atoms with Gasteiger partial charge in [-0.25, -0.2) is 4.98 Å². The number of hydrogen-bond donors (Lipinski definition) is 1. The first kappa shape index (κ1) is 15.2. The summed E-state index contributed by atoms with van der Waals surface area (Å²) in [4.78, 5) is 20.1. The molecule has 1 aliphatic rings. The van der Waals surface area contributed by atoms with E-state index in [4.69, 9.17) is 0 Å². The number of likely N-dealkylation sites (tertiary alicyclic amines) is 1. The van der Waals surface area contributed by atoms with Gasteiger partial charge in [-0.05, 0) is 38.1 Å². The van der Waals surface area contributed by atoms with Crippen molar-refractivity contribution in [3.63, 3.8) is 0 Å². The van der Waals surface area contributed by atoms with Gasteiger partial charge in [0.2, 0.25) is 0 Å². The molecule has 2 heterocycles. The Morgan fingerprint density at radius 2 is 1.86 bits per heavy atom. The van der Waals surface area contributed by atoms with Crippen LogP contribution in [-0.4, -0.2) is 28.9 Å². The predicted octanol–water partition coefficient (Wildman–Crippen LogP) is 3.77. The summed E-state index contributed by atoms with van der Waals surface area (Å²) in [5, 5.41) is 3.56. The molecule has 1 N–H and O–H groups in total. The molecular weight excluding hydrogens is 294 g/mol. The maximum Gasteiger partial charge on any atom is 0.257 e. The van der Waals surface area contributed by atoms with E-state index in [1.807, 2.05) is 24.4 Å². The van der Waals surface area contributed by atoms with Crippen molar-refractivity contribution < 1.29 is 4.79 Å². The lowest BCUT2D eigenvalue weighted by atomic mass is 10.2. The quantitative estimate of drug-likeness (QED) is 0.934. The van der Waals surface area contributed by atoms with Crippen molar-refractivity contribution in [2.45, 2.75) is 32.2 Å². The molecule has 116 valence electrons. The second-order valence-electron chi connectivity index (χ2n) is 5.64. The van der Waals surface area contributed by atoms with Crippen LogP contribution in [0.5, 0.6) is 0 Å². The summed E-state index contributed by atoms with van der Waals surface area (Å²) in [5.74, 6) is -0.101. The van der Waals surface area contributed by atoms with Crippen molar-refractivity contribution in [3.8, 4) is 0 Å². The highest BCUT2D eigenvalue weighted by molar-refractivity contribution is 7.15. The highest BCUT2D eigenvalue weighted by atomic mass is 32.1. The fourth-order valence-electron chi connectivity index (χ4n) is 2.71. The third-order valence-electron chi connectivity index (χ3n) is 3.89. The molecule has 1 amide bonds. The summed E-state index contributed by atoms with van der Waals surface area (Å²) < 4.78 is 0. The van der Waals surface area contributed by atoms with Crippen LogP contribution in [0.4, 0.5) is 5.13 Å². The number of anilines is 1. The fraction of sp³-hybridized carbons (Fsp3) is 0.412. The Labute approximate surface area is 135 Å². The van der Waals surface area contributed by atoms with Gasteiger partial charge in [-0.15, -0.1) is 11.3 Å². The fourth-order valence-corrected chi connectivity index (χ4v) is 3.56. The van der Waals surface area contributed by atoms with Gasteiger partial charge in [0.25, 0.3) is 5.91 Å². The van der Waals surface area contributed by atoms with Gasteiger partial charge < -0.3 is 0 Å². The Balaban J connectivity index is 1.58. The zero-order chi connectivity index (χ0) is 15.2. The Morgan fingerprint density at radius 3 is 2.59 bits per heavy atom. The van der Waals surface area contributed by atoms with Gasteiger partial charge in [-0.3, -0.25) is 15.0 Å². The molecule has 0 spiro atoms. The minimum atomic E-state index is -0.101. The van der Waals surface area contributed by atoms with Crippen LogP contribution in [0.3, 0.4) is 0 Å². The highest BCUT2D eigenvalue weighted by Gasteiger charge is 2.13. The zero-order valence-corrected chi connectivity index (χ0v) is 13.4. The first-order valence-corrected chi connectivity index (χ1v) is 8.66. The molecular formula is C17H21N3OS. The first-order valence-electron chi connectivity index (χ1n) is 7.85. The average molecular weight is 315 g/mol. The molecule has 3 rings (SSSR count). The standard InChI is InChI=1S/C17H21N3OS/c21-16(14-8-4-3-5-9-14)19-17-18-12-15(22-17)13-20-10-6-1-2-7-11-20/h3-5,8-9,12H,1-2,6-7,10-11,13H2,(H,18,19,21). The zero-order valence-electron chi connectivity index (χ0n) is 12.6. The molecule has 0 saturated carbocycles. The van der Waals surface area contributed by atoms with E-state index in [1.54, 1.807) is 23.5 Å². The summed E-state index contributed by atoms with van der Waals surface area (Å²) >= 11 is 1.57. The molecule has 1 fully saturated rings. The van der Waals surface area contributed by atoms with Crippen molar-refractivity contribution in [1.82, 2.24) is 9.88 Å². The van der Waals surface area contributed by atoms with Crippen LogP contribution >= 0.6 is 11.3 Å². The topological polar surface area (TPSA) is 45.2 Å². The molecule has 0 unspecified atom stereocenters. The molecule has 0 bridgehead atoms. The lowest BCUT2D eigenvalue weighted by Crippen LogP contribution is -2.23. The minimum absolute atomic E-state index is 0.101. The van der Waals surface area contributed by atoms with Crippen LogP contribution in [0.25, 0.3) is 0 Å². The third-order valence-corrected chi connectivity index (χ3v) is 4.79. The second-order valence-corrected chi connectivity index (χ2v) is 6.76. The maximum atomic E-state index is 12.1. The molecule has 1 aromatic heterocycles. The monoisotopic (exact) mass is 315 g/mol. The van der Waals surface area contributed by atoms with Crippen molar-refractivity contribution >= 4 is 22.4 Å². The summed E-state index contributed by atoms with van der Waals surface area (Å²) in [6, 6.07) is 9.24. The van der Waals surface area contributed by atoms with Crippen LogP contribution < -0.4 is 5.32 Å². The Morgan fingerprint density at radius 1 is 1.14 bits per heavy atom. The van der Waals surface area contributed by atoms with Crippen molar-refractivity contribution in [2.24, 2.45) is 0 Å². The highest BCUT2D eigenvalue weighted by Crippen LogP contribution is 2.22. The first-order chi connectivity index (χ1) is 10.8. The van der Waals surface area contributed by atoms with Gasteiger partial charge in [0.05, 0.1) is 0 Å². The minimum Gasteiger partial charge on any atom is -0.298 e. The number of rotatable bonds is 4. The van der Waals surface area contributed by atoms with E-state index in [0.717, 1.165) is 6.54 Å². The summed E-state index contributed by atoms with van der Waals surface area (Å²) in [6.07, 6.45) is 7.15. The lowest BCUT2D eigenvalue weighted by Gasteiger charge is -2.18. The molecule has 4 nitrogen and oxygen atoms in total. The Bertz CT molecular complexity index is 603. The largest absolute Gasteiger partial charge is 0.298 e. The van der Waals surface area contributed by atoms with Gasteiger partial charge in [0.15, 0.2) is 5.13 Å². The molecule has 22 heavy (non-hydrogen) atoms. The number of hydrogen-bond acceptors (Lipinski definition) is 4. The SMILES string of the molecule is O=C(Nc1ncc(CN2CCCCCC2)s1)c1ccccc1. The second kappa shape index (κ2) is 7.51. The molecule has 2 aromatic rings. The molecule has 1 aromatic carbocycles. The van der Waals surface area contributed by atoms with Gasteiger partial charge in [-0.2, -0.15) is 0 Å². The van der Waals surface area contributed by atoms with E-state index in [0.29, 0.717) is 10.7 Å². The predicted molar refractivity (Wildman–Crippen MR) is 90.3 cm³/mol. The van der Waals surface area contributed by atoms with Crippen LogP contribution in [0, 0.1) is 0 Å². The van der Waals surface area contributed by atoms with Crippen LogP contribution in [0.2, 0.25) is 0 Å². The molecule has 1 aliphatic heterocycles. The van der Waals surface area contributed by atoms with Crippen molar-refractivity contribution in [3.05, 3.63) is 47.0 Å². The van der Waals surface area contributed by atoms with Gasteiger partial charge in [0.1, 0.15) is 0 Å².